The van der Waals surface area contributed by atoms with Gasteiger partial charge in [-0.25, -0.2) is 4.79 Å². The summed E-state index contributed by atoms with van der Waals surface area (Å²) in [5.74, 6) is -0.379. The molecule has 0 aliphatic carbocycles. The highest BCUT2D eigenvalue weighted by Crippen LogP contribution is 2.05. The van der Waals surface area contributed by atoms with Gasteiger partial charge in [-0.1, -0.05) is 0 Å². The lowest BCUT2D eigenvalue weighted by atomic mass is 10.2. The Morgan fingerprint density at radius 2 is 1.82 bits per heavy atom. The van der Waals surface area contributed by atoms with Crippen LogP contribution in [0.5, 0.6) is 0 Å². The van der Waals surface area contributed by atoms with Gasteiger partial charge in [-0.3, -0.25) is 4.79 Å². The summed E-state index contributed by atoms with van der Waals surface area (Å²) in [5.41, 5.74) is 5.21. The van der Waals surface area contributed by atoms with E-state index in [4.69, 9.17) is 10.5 Å². The lowest BCUT2D eigenvalue weighted by Gasteiger charge is -2.34. The van der Waals surface area contributed by atoms with Crippen LogP contribution in [0.2, 0.25) is 0 Å². The summed E-state index contributed by atoms with van der Waals surface area (Å²) < 4.78 is 4.86. The van der Waals surface area contributed by atoms with Crippen molar-refractivity contribution < 1.29 is 19.4 Å². The molecule has 1 heterocycles. The standard InChI is InChI=1S/C10H19N3O4/c1-2-17-10(16)13-5-3-12(4-6-13)9(15)8(14)7-11/h8,14H,2-7,11H2,1H3. The molecule has 0 aromatic carbocycles. The Kier molecular flexibility index (Phi) is 5.17. The smallest absolute Gasteiger partial charge is 0.409 e. The van der Waals surface area contributed by atoms with Crippen LogP contribution in [-0.2, 0) is 9.53 Å². The number of carbonyl (C=O) groups excluding carboxylic acids is 2. The molecule has 7 heteroatoms. The number of amides is 2. The molecule has 0 radical (unpaired) electrons. The zero-order valence-corrected chi connectivity index (χ0v) is 9.96. The maximum absolute atomic E-state index is 11.6. The minimum atomic E-state index is -1.15. The van der Waals surface area contributed by atoms with E-state index in [2.05, 4.69) is 0 Å². The lowest BCUT2D eigenvalue weighted by Crippen LogP contribution is -2.53. The zero-order valence-electron chi connectivity index (χ0n) is 9.96. The first kappa shape index (κ1) is 13.7. The van der Waals surface area contributed by atoms with Crippen LogP contribution in [0, 0.1) is 0 Å². The summed E-state index contributed by atoms with van der Waals surface area (Å²) >= 11 is 0. The Hall–Kier alpha value is -1.34. The van der Waals surface area contributed by atoms with E-state index in [9.17, 15) is 14.7 Å². The third-order valence-electron chi connectivity index (χ3n) is 2.63. The van der Waals surface area contributed by atoms with Crippen LogP contribution in [0.4, 0.5) is 4.79 Å². The van der Waals surface area contributed by atoms with Gasteiger partial charge in [0.15, 0.2) is 0 Å². The minimum Gasteiger partial charge on any atom is -0.450 e. The van der Waals surface area contributed by atoms with E-state index in [-0.39, 0.29) is 18.5 Å². The first-order valence-corrected chi connectivity index (χ1v) is 5.68. The number of hydrogen-bond acceptors (Lipinski definition) is 5. The fourth-order valence-electron chi connectivity index (χ4n) is 1.64. The number of ether oxygens (including phenoxy) is 1. The molecule has 0 aromatic rings. The van der Waals surface area contributed by atoms with Gasteiger partial charge in [0.05, 0.1) is 6.61 Å². The van der Waals surface area contributed by atoms with E-state index in [0.29, 0.717) is 32.8 Å². The largest absolute Gasteiger partial charge is 0.450 e. The Morgan fingerprint density at radius 3 is 2.29 bits per heavy atom. The first-order chi connectivity index (χ1) is 8.10. The van der Waals surface area contributed by atoms with Gasteiger partial charge in [0, 0.05) is 32.7 Å². The molecule has 98 valence electrons. The van der Waals surface area contributed by atoms with Crippen molar-refractivity contribution in [1.29, 1.82) is 0 Å². The molecule has 1 unspecified atom stereocenters. The van der Waals surface area contributed by atoms with Crippen LogP contribution in [0.1, 0.15) is 6.92 Å². The summed E-state index contributed by atoms with van der Waals surface area (Å²) in [6.45, 7) is 3.63. The number of rotatable bonds is 3. The van der Waals surface area contributed by atoms with Crippen LogP contribution in [0.25, 0.3) is 0 Å². The van der Waals surface area contributed by atoms with E-state index < -0.39 is 6.10 Å². The molecular formula is C10H19N3O4. The molecule has 1 rings (SSSR count). The van der Waals surface area contributed by atoms with Gasteiger partial charge in [0.2, 0.25) is 0 Å². The first-order valence-electron chi connectivity index (χ1n) is 5.68. The van der Waals surface area contributed by atoms with E-state index >= 15 is 0 Å². The van der Waals surface area contributed by atoms with E-state index in [1.165, 1.54) is 4.90 Å². The molecule has 0 bridgehead atoms. The number of carbonyl (C=O) groups is 2. The second kappa shape index (κ2) is 6.41. The van der Waals surface area contributed by atoms with Crippen molar-refractivity contribution in [1.82, 2.24) is 9.80 Å². The van der Waals surface area contributed by atoms with Crippen molar-refractivity contribution in [3.63, 3.8) is 0 Å². The summed E-state index contributed by atoms with van der Waals surface area (Å²) in [5, 5.41) is 9.32. The zero-order chi connectivity index (χ0) is 12.8. The third-order valence-corrected chi connectivity index (χ3v) is 2.63. The summed E-state index contributed by atoms with van der Waals surface area (Å²) in [7, 11) is 0. The van der Waals surface area contributed by atoms with Gasteiger partial charge in [-0.2, -0.15) is 0 Å². The monoisotopic (exact) mass is 245 g/mol. The van der Waals surface area contributed by atoms with Crippen molar-refractivity contribution in [2.45, 2.75) is 13.0 Å². The number of nitrogens with two attached hydrogens (primary N) is 1. The van der Waals surface area contributed by atoms with Crippen LogP contribution in [0.15, 0.2) is 0 Å². The molecule has 1 aliphatic heterocycles. The highest BCUT2D eigenvalue weighted by Gasteiger charge is 2.27. The number of aliphatic hydroxyl groups excluding tert-OH is 1. The summed E-state index contributed by atoms with van der Waals surface area (Å²) in [6, 6.07) is 0. The van der Waals surface area contributed by atoms with Crippen molar-refractivity contribution in [3.05, 3.63) is 0 Å². The molecule has 0 aromatic heterocycles. The topological polar surface area (TPSA) is 96.1 Å². The van der Waals surface area contributed by atoms with Gasteiger partial charge in [-0.15, -0.1) is 0 Å². The van der Waals surface area contributed by atoms with Crippen molar-refractivity contribution in [2.24, 2.45) is 5.73 Å². The van der Waals surface area contributed by atoms with Crippen LogP contribution < -0.4 is 5.73 Å². The molecule has 1 atom stereocenters. The molecule has 17 heavy (non-hydrogen) atoms. The Labute approximate surface area is 100 Å². The Balaban J connectivity index is 2.40. The van der Waals surface area contributed by atoms with Gasteiger partial charge < -0.3 is 25.4 Å². The minimum absolute atomic E-state index is 0.0864. The molecule has 3 N–H and O–H groups in total. The molecule has 1 saturated heterocycles. The lowest BCUT2D eigenvalue weighted by molar-refractivity contribution is -0.141. The third kappa shape index (κ3) is 3.57. The number of piperazine rings is 1. The Bertz CT molecular complexity index is 277. The number of aliphatic hydroxyl groups is 1. The van der Waals surface area contributed by atoms with Gasteiger partial charge in [0.1, 0.15) is 6.10 Å². The van der Waals surface area contributed by atoms with Crippen molar-refractivity contribution in [2.75, 3.05) is 39.3 Å². The second-order valence-electron chi connectivity index (χ2n) is 3.76. The molecular weight excluding hydrogens is 226 g/mol. The number of hydrogen-bond donors (Lipinski definition) is 2. The van der Waals surface area contributed by atoms with E-state index in [0.717, 1.165) is 0 Å². The van der Waals surface area contributed by atoms with Crippen LogP contribution in [0.3, 0.4) is 0 Å². The fourth-order valence-corrected chi connectivity index (χ4v) is 1.64. The predicted octanol–water partition coefficient (Wildman–Crippen LogP) is -1.39. The highest BCUT2D eigenvalue weighted by atomic mass is 16.6. The van der Waals surface area contributed by atoms with Gasteiger partial charge in [-0.05, 0) is 6.92 Å². The Morgan fingerprint density at radius 1 is 1.29 bits per heavy atom. The molecule has 2 amide bonds. The SMILES string of the molecule is CCOC(=O)N1CCN(C(=O)C(O)CN)CC1. The number of nitrogens with zero attached hydrogens (tertiary/aromatic N) is 2. The molecule has 7 nitrogen and oxygen atoms in total. The summed E-state index contributed by atoms with van der Waals surface area (Å²) in [6.07, 6.45) is -1.51. The van der Waals surface area contributed by atoms with Crippen molar-refractivity contribution >= 4 is 12.0 Å². The maximum atomic E-state index is 11.6. The van der Waals surface area contributed by atoms with E-state index in [1.54, 1.807) is 11.8 Å². The van der Waals surface area contributed by atoms with Crippen LogP contribution >= 0.6 is 0 Å². The second-order valence-corrected chi connectivity index (χ2v) is 3.76. The average Bonchev–Trinajstić information content (AvgIpc) is 2.37. The predicted molar refractivity (Wildman–Crippen MR) is 60.2 cm³/mol. The molecule has 1 fully saturated rings. The van der Waals surface area contributed by atoms with Gasteiger partial charge >= 0.3 is 6.09 Å². The summed E-state index contributed by atoms with van der Waals surface area (Å²) in [4.78, 5) is 26.0. The maximum Gasteiger partial charge on any atom is 0.409 e. The van der Waals surface area contributed by atoms with Crippen LogP contribution in [-0.4, -0.2) is 72.3 Å². The van der Waals surface area contributed by atoms with Gasteiger partial charge in [0.25, 0.3) is 5.91 Å². The molecule has 0 saturated carbocycles. The fraction of sp³-hybridized carbons (Fsp3) is 0.800. The van der Waals surface area contributed by atoms with Crippen molar-refractivity contribution in [3.8, 4) is 0 Å². The normalized spacial score (nSPS) is 17.8. The molecule has 1 aliphatic rings. The van der Waals surface area contributed by atoms with E-state index in [1.807, 2.05) is 0 Å². The quantitative estimate of drug-likeness (QED) is 0.638. The molecule has 0 spiro atoms. The highest BCUT2D eigenvalue weighted by molar-refractivity contribution is 5.81. The average molecular weight is 245 g/mol.